The Morgan fingerprint density at radius 3 is 2.76 bits per heavy atom. The number of amides is 1. The fourth-order valence-corrected chi connectivity index (χ4v) is 4.36. The summed E-state index contributed by atoms with van der Waals surface area (Å²) < 4.78 is 11.3. The van der Waals surface area contributed by atoms with E-state index < -0.39 is 0 Å². The number of hydrogen-bond donors (Lipinski definition) is 2. The molecule has 2 aromatic carbocycles. The van der Waals surface area contributed by atoms with Crippen LogP contribution in [-0.2, 0) is 4.79 Å². The van der Waals surface area contributed by atoms with Crippen LogP contribution < -0.4 is 20.1 Å². The van der Waals surface area contributed by atoms with Crippen molar-refractivity contribution in [2.75, 3.05) is 23.2 Å². The van der Waals surface area contributed by atoms with Crippen molar-refractivity contribution in [3.63, 3.8) is 0 Å². The summed E-state index contributed by atoms with van der Waals surface area (Å²) in [6.45, 7) is 4.28. The van der Waals surface area contributed by atoms with E-state index in [2.05, 4.69) is 46.8 Å². The Labute approximate surface area is 180 Å². The second-order valence-electron chi connectivity index (χ2n) is 6.32. The number of anilines is 3. The molecule has 1 amide bonds. The summed E-state index contributed by atoms with van der Waals surface area (Å²) in [5.41, 5.74) is 3.87. The van der Waals surface area contributed by atoms with Gasteiger partial charge in [-0.25, -0.2) is 0 Å². The van der Waals surface area contributed by atoms with Gasteiger partial charge < -0.3 is 20.1 Å². The molecule has 4 rings (SSSR count). The number of carbonyl (C=O) groups excluding carboxylic acids is 1. The minimum Gasteiger partial charge on any atom is -0.454 e. The molecule has 2 N–H and O–H groups in total. The van der Waals surface area contributed by atoms with Crippen molar-refractivity contribution in [3.05, 3.63) is 46.5 Å². The predicted octanol–water partition coefficient (Wildman–Crippen LogP) is 5.01. The summed E-state index contributed by atoms with van der Waals surface area (Å²) in [7, 11) is 0. The highest BCUT2D eigenvalue weighted by atomic mass is 35.5. The first-order valence-corrected chi connectivity index (χ1v) is 10.9. The predicted molar refractivity (Wildman–Crippen MR) is 116 cm³/mol. The van der Waals surface area contributed by atoms with Gasteiger partial charge in [-0.3, -0.25) is 4.79 Å². The van der Waals surface area contributed by atoms with Crippen LogP contribution in [-0.4, -0.2) is 28.7 Å². The van der Waals surface area contributed by atoms with E-state index in [4.69, 9.17) is 21.1 Å². The number of halogens is 1. The SMILES string of the molecule is Cc1ccc(Nc2nnc(SCC(=O)Nc3cc4c(cc3Cl)OCO4)s2)cc1C. The first-order valence-electron chi connectivity index (χ1n) is 8.67. The normalized spacial score (nSPS) is 12.1. The summed E-state index contributed by atoms with van der Waals surface area (Å²) in [4.78, 5) is 12.3. The maximum Gasteiger partial charge on any atom is 0.234 e. The van der Waals surface area contributed by atoms with Crippen LogP contribution in [0.25, 0.3) is 0 Å². The molecule has 150 valence electrons. The number of ether oxygens (including phenoxy) is 2. The monoisotopic (exact) mass is 448 g/mol. The van der Waals surface area contributed by atoms with Crippen molar-refractivity contribution in [2.45, 2.75) is 18.2 Å². The lowest BCUT2D eigenvalue weighted by Gasteiger charge is -2.07. The zero-order valence-electron chi connectivity index (χ0n) is 15.6. The van der Waals surface area contributed by atoms with Crippen molar-refractivity contribution in [1.29, 1.82) is 0 Å². The Morgan fingerprint density at radius 1 is 1.17 bits per heavy atom. The maximum atomic E-state index is 12.3. The zero-order valence-corrected chi connectivity index (χ0v) is 18.0. The Hall–Kier alpha value is -2.49. The van der Waals surface area contributed by atoms with Crippen LogP contribution >= 0.6 is 34.7 Å². The second kappa shape index (κ2) is 8.48. The largest absolute Gasteiger partial charge is 0.454 e. The number of rotatable bonds is 6. The van der Waals surface area contributed by atoms with Crippen molar-refractivity contribution < 1.29 is 14.3 Å². The maximum absolute atomic E-state index is 12.3. The average molecular weight is 449 g/mol. The van der Waals surface area contributed by atoms with Crippen LogP contribution in [0.5, 0.6) is 11.5 Å². The van der Waals surface area contributed by atoms with Gasteiger partial charge in [0, 0.05) is 17.8 Å². The van der Waals surface area contributed by atoms with E-state index in [0.29, 0.717) is 31.7 Å². The number of thioether (sulfide) groups is 1. The third kappa shape index (κ3) is 4.75. The molecule has 0 atom stereocenters. The van der Waals surface area contributed by atoms with Gasteiger partial charge in [-0.05, 0) is 37.1 Å². The van der Waals surface area contributed by atoms with Gasteiger partial charge in [0.05, 0.1) is 16.5 Å². The number of nitrogens with zero attached hydrogens (tertiary/aromatic N) is 2. The number of aryl methyl sites for hydroxylation is 2. The molecule has 29 heavy (non-hydrogen) atoms. The molecule has 0 bridgehead atoms. The van der Waals surface area contributed by atoms with Crippen LogP contribution in [0.2, 0.25) is 5.02 Å². The van der Waals surface area contributed by atoms with Gasteiger partial charge in [0.15, 0.2) is 15.8 Å². The average Bonchev–Trinajstić information content (AvgIpc) is 3.32. The first-order chi connectivity index (χ1) is 14.0. The number of carbonyl (C=O) groups is 1. The number of benzene rings is 2. The molecule has 1 aliphatic heterocycles. The summed E-state index contributed by atoms with van der Waals surface area (Å²) in [6.07, 6.45) is 0. The topological polar surface area (TPSA) is 85.4 Å². The molecule has 0 aliphatic carbocycles. The molecular weight excluding hydrogens is 432 g/mol. The summed E-state index contributed by atoms with van der Waals surface area (Å²) in [5, 5.41) is 15.3. The summed E-state index contributed by atoms with van der Waals surface area (Å²) in [5.74, 6) is 1.11. The number of hydrogen-bond acceptors (Lipinski definition) is 8. The van der Waals surface area contributed by atoms with Gasteiger partial charge in [0.2, 0.25) is 17.8 Å². The molecule has 3 aromatic rings. The third-order valence-electron chi connectivity index (χ3n) is 4.23. The van der Waals surface area contributed by atoms with Crippen molar-refractivity contribution in [2.24, 2.45) is 0 Å². The van der Waals surface area contributed by atoms with E-state index in [1.807, 2.05) is 6.07 Å². The fourth-order valence-electron chi connectivity index (χ4n) is 2.59. The lowest BCUT2D eigenvalue weighted by atomic mass is 10.1. The van der Waals surface area contributed by atoms with E-state index >= 15 is 0 Å². The molecule has 0 saturated carbocycles. The van der Waals surface area contributed by atoms with Gasteiger partial charge in [0.1, 0.15) is 0 Å². The molecule has 2 heterocycles. The molecule has 0 saturated heterocycles. The van der Waals surface area contributed by atoms with Crippen LogP contribution in [0.3, 0.4) is 0 Å². The summed E-state index contributed by atoms with van der Waals surface area (Å²) in [6, 6.07) is 9.40. The van der Waals surface area contributed by atoms with Crippen LogP contribution in [0.1, 0.15) is 11.1 Å². The van der Waals surface area contributed by atoms with Crippen LogP contribution in [0.4, 0.5) is 16.5 Å². The van der Waals surface area contributed by atoms with Crippen molar-refractivity contribution in [3.8, 4) is 11.5 Å². The van der Waals surface area contributed by atoms with E-state index in [9.17, 15) is 4.79 Å². The standard InChI is InChI=1S/C19H17ClN4O3S2/c1-10-3-4-12(5-11(10)2)21-18-23-24-19(29-18)28-8-17(25)22-14-7-16-15(6-13(14)20)26-9-27-16/h3-7H,8-9H2,1-2H3,(H,21,23)(H,22,25). The molecule has 0 spiro atoms. The molecule has 0 fully saturated rings. The Kier molecular flexibility index (Phi) is 5.79. The molecular formula is C19H17ClN4O3S2. The highest BCUT2D eigenvalue weighted by Gasteiger charge is 2.18. The second-order valence-corrected chi connectivity index (χ2v) is 8.93. The third-order valence-corrected chi connectivity index (χ3v) is 6.51. The number of nitrogens with one attached hydrogen (secondary N) is 2. The van der Waals surface area contributed by atoms with Gasteiger partial charge in [-0.1, -0.05) is 40.8 Å². The molecule has 0 unspecified atom stereocenters. The van der Waals surface area contributed by atoms with Gasteiger partial charge in [0.25, 0.3) is 0 Å². The Morgan fingerprint density at radius 2 is 1.97 bits per heavy atom. The lowest BCUT2D eigenvalue weighted by Crippen LogP contribution is -2.14. The van der Waals surface area contributed by atoms with Gasteiger partial charge >= 0.3 is 0 Å². The Bertz CT molecular complexity index is 1070. The van der Waals surface area contributed by atoms with Gasteiger partial charge in [-0.2, -0.15) is 0 Å². The molecule has 1 aromatic heterocycles. The van der Waals surface area contributed by atoms with Crippen LogP contribution in [0, 0.1) is 13.8 Å². The molecule has 7 nitrogen and oxygen atoms in total. The number of aromatic nitrogens is 2. The zero-order chi connectivity index (χ0) is 20.4. The smallest absolute Gasteiger partial charge is 0.234 e. The van der Waals surface area contributed by atoms with E-state index in [1.54, 1.807) is 12.1 Å². The lowest BCUT2D eigenvalue weighted by molar-refractivity contribution is -0.113. The minimum absolute atomic E-state index is 0.147. The molecule has 1 aliphatic rings. The van der Waals surface area contributed by atoms with Crippen molar-refractivity contribution in [1.82, 2.24) is 10.2 Å². The van der Waals surface area contributed by atoms with E-state index in [0.717, 1.165) is 5.69 Å². The highest BCUT2D eigenvalue weighted by molar-refractivity contribution is 8.01. The van der Waals surface area contributed by atoms with Crippen molar-refractivity contribution >= 4 is 57.1 Å². The minimum atomic E-state index is -0.199. The fraction of sp³-hybridized carbons (Fsp3) is 0.211. The molecule has 0 radical (unpaired) electrons. The Balaban J connectivity index is 1.32. The summed E-state index contributed by atoms with van der Waals surface area (Å²) >= 11 is 8.89. The highest BCUT2D eigenvalue weighted by Crippen LogP contribution is 2.39. The van der Waals surface area contributed by atoms with Gasteiger partial charge in [-0.15, -0.1) is 10.2 Å². The number of fused-ring (bicyclic) bond motifs is 1. The van der Waals surface area contributed by atoms with Crippen LogP contribution in [0.15, 0.2) is 34.7 Å². The van der Waals surface area contributed by atoms with E-state index in [1.165, 1.54) is 34.2 Å². The van der Waals surface area contributed by atoms with E-state index in [-0.39, 0.29) is 18.5 Å². The quantitative estimate of drug-likeness (QED) is 0.512. The first kappa shape index (κ1) is 19.8. The molecule has 10 heteroatoms.